The Labute approximate surface area is 230 Å². The summed E-state index contributed by atoms with van der Waals surface area (Å²) >= 11 is 0. The van der Waals surface area contributed by atoms with Crippen LogP contribution in [0.5, 0.6) is 11.5 Å². The molecule has 0 unspecified atom stereocenters. The monoisotopic (exact) mass is 534 g/mol. The summed E-state index contributed by atoms with van der Waals surface area (Å²) in [4.78, 5) is 12.8. The Morgan fingerprint density at radius 2 is 1.77 bits per heavy atom. The van der Waals surface area contributed by atoms with Crippen LogP contribution >= 0.6 is 0 Å². The van der Waals surface area contributed by atoms with E-state index in [-0.39, 0.29) is 42.0 Å². The highest BCUT2D eigenvalue weighted by atomic mass is 16.6. The van der Waals surface area contributed by atoms with Gasteiger partial charge in [-0.2, -0.15) is 0 Å². The molecular weight excluding hydrogens is 496 g/mol. The molecule has 0 amide bonds. The van der Waals surface area contributed by atoms with E-state index < -0.39 is 5.97 Å². The van der Waals surface area contributed by atoms with Crippen molar-refractivity contribution in [2.45, 2.75) is 76.2 Å². The molecule has 0 radical (unpaired) electrons. The van der Waals surface area contributed by atoms with Crippen LogP contribution in [0.1, 0.15) is 51.2 Å². The van der Waals surface area contributed by atoms with Gasteiger partial charge in [-0.25, -0.2) is 4.79 Å². The van der Waals surface area contributed by atoms with Crippen LogP contribution in [-0.4, -0.2) is 54.3 Å². The minimum Gasteiger partial charge on any atom is -0.457 e. The maximum absolute atomic E-state index is 12.8. The summed E-state index contributed by atoms with van der Waals surface area (Å²) in [5.41, 5.74) is 2.33. The molecule has 2 aromatic carbocycles. The van der Waals surface area contributed by atoms with Gasteiger partial charge in [-0.3, -0.25) is 0 Å². The molecule has 0 bridgehead atoms. The smallest absolute Gasteiger partial charge is 0.331 e. The van der Waals surface area contributed by atoms with E-state index in [0.717, 1.165) is 24.0 Å². The van der Waals surface area contributed by atoms with Gasteiger partial charge < -0.3 is 28.8 Å². The first-order chi connectivity index (χ1) is 18.8. The van der Waals surface area contributed by atoms with Crippen LogP contribution in [0.3, 0.4) is 0 Å². The number of methoxy groups -OCH3 is 1. The fourth-order valence-corrected chi connectivity index (χ4v) is 5.87. The quantitative estimate of drug-likeness (QED) is 0.184. The minimum absolute atomic E-state index is 0.00272. The zero-order valence-electron chi connectivity index (χ0n) is 23.1. The van der Waals surface area contributed by atoms with E-state index >= 15 is 0 Å². The first kappa shape index (κ1) is 27.6. The normalized spacial score (nSPS) is 31.2. The van der Waals surface area contributed by atoms with E-state index in [1.165, 1.54) is 11.6 Å². The van der Waals surface area contributed by atoms with Crippen molar-refractivity contribution in [3.8, 4) is 11.5 Å². The van der Waals surface area contributed by atoms with Crippen molar-refractivity contribution >= 4 is 12.0 Å². The van der Waals surface area contributed by atoms with Gasteiger partial charge in [-0.05, 0) is 81.5 Å². The number of carbonyl (C=O) groups excluding carboxylic acids is 1. The summed E-state index contributed by atoms with van der Waals surface area (Å²) in [6.45, 7) is 7.01. The molecule has 0 aromatic heterocycles. The molecule has 7 heteroatoms. The number of epoxide rings is 2. The van der Waals surface area contributed by atoms with Gasteiger partial charge in [0.25, 0.3) is 0 Å². The number of rotatable bonds is 10. The van der Waals surface area contributed by atoms with E-state index in [1.54, 1.807) is 13.2 Å². The van der Waals surface area contributed by atoms with E-state index in [4.69, 9.17) is 28.8 Å². The van der Waals surface area contributed by atoms with Gasteiger partial charge in [0.15, 0.2) is 0 Å². The number of aliphatic hydroxyl groups excluding tert-OH is 1. The average Bonchev–Trinajstić information content (AvgIpc) is 3.85. The van der Waals surface area contributed by atoms with Crippen LogP contribution < -0.4 is 4.74 Å². The Morgan fingerprint density at radius 1 is 1.10 bits per heavy atom. The van der Waals surface area contributed by atoms with Gasteiger partial charge in [-0.15, -0.1) is 0 Å². The third kappa shape index (κ3) is 6.12. The molecule has 1 spiro atoms. The number of ether oxygens (including phenoxy) is 5. The second-order valence-corrected chi connectivity index (χ2v) is 11.2. The van der Waals surface area contributed by atoms with Crippen LogP contribution in [0.15, 0.2) is 66.3 Å². The van der Waals surface area contributed by atoms with E-state index in [0.29, 0.717) is 24.5 Å². The zero-order chi connectivity index (χ0) is 27.6. The summed E-state index contributed by atoms with van der Waals surface area (Å²) in [5, 5.41) is 9.17. The second-order valence-electron chi connectivity index (χ2n) is 11.2. The van der Waals surface area contributed by atoms with E-state index in [1.807, 2.05) is 48.5 Å². The van der Waals surface area contributed by atoms with Crippen LogP contribution in [0, 0.1) is 5.92 Å². The number of carbonyl (C=O) groups is 1. The van der Waals surface area contributed by atoms with Gasteiger partial charge in [0.1, 0.15) is 34.9 Å². The number of benzene rings is 2. The molecule has 208 valence electrons. The van der Waals surface area contributed by atoms with Crippen molar-refractivity contribution in [2.24, 2.45) is 5.92 Å². The largest absolute Gasteiger partial charge is 0.457 e. The third-order valence-corrected chi connectivity index (χ3v) is 8.14. The van der Waals surface area contributed by atoms with Crippen LogP contribution in [0.25, 0.3) is 6.08 Å². The molecule has 1 N–H and O–H groups in total. The lowest BCUT2D eigenvalue weighted by molar-refractivity contribution is -0.166. The fourth-order valence-electron chi connectivity index (χ4n) is 5.87. The Kier molecular flexibility index (Phi) is 7.96. The van der Waals surface area contributed by atoms with Crippen molar-refractivity contribution in [1.29, 1.82) is 0 Å². The number of allylic oxidation sites excluding steroid dienone is 1. The maximum atomic E-state index is 12.8. The molecule has 39 heavy (non-hydrogen) atoms. The number of esters is 1. The van der Waals surface area contributed by atoms with E-state index in [9.17, 15) is 4.79 Å². The Balaban J connectivity index is 1.19. The fraction of sp³-hybridized carbons (Fsp3) is 0.469. The lowest BCUT2D eigenvalue weighted by Crippen LogP contribution is -2.55. The van der Waals surface area contributed by atoms with Gasteiger partial charge in [-0.1, -0.05) is 35.9 Å². The summed E-state index contributed by atoms with van der Waals surface area (Å²) < 4.78 is 30.0. The van der Waals surface area contributed by atoms with Crippen molar-refractivity contribution in [3.63, 3.8) is 0 Å². The molecule has 1 saturated carbocycles. The molecular formula is C32H38O7. The third-order valence-electron chi connectivity index (χ3n) is 8.14. The molecule has 5 rings (SSSR count). The number of hydrogen-bond donors (Lipinski definition) is 1. The lowest BCUT2D eigenvalue weighted by Gasteiger charge is -2.42. The van der Waals surface area contributed by atoms with E-state index in [2.05, 4.69) is 26.8 Å². The molecule has 7 nitrogen and oxygen atoms in total. The summed E-state index contributed by atoms with van der Waals surface area (Å²) in [5.74, 6) is 0.955. The van der Waals surface area contributed by atoms with Crippen molar-refractivity contribution in [2.75, 3.05) is 13.7 Å². The average molecular weight is 535 g/mol. The van der Waals surface area contributed by atoms with Crippen LogP contribution in [0.4, 0.5) is 0 Å². The van der Waals surface area contributed by atoms with Crippen molar-refractivity contribution < 1.29 is 33.6 Å². The summed E-state index contributed by atoms with van der Waals surface area (Å²) in [7, 11) is 1.68. The SMILES string of the molecule is CO[C@@H]1[C@H](OC(=O)/C=C/c2ccc(Oc3ccc(CO)cc3)cc2)CC[C@]2(CO2)[C@H]1[C@@]1(C)O[C@H]1CC=C(C)C. The molecule has 6 atom stereocenters. The molecule has 3 fully saturated rings. The highest BCUT2D eigenvalue weighted by Crippen LogP contribution is 2.59. The van der Waals surface area contributed by atoms with Crippen molar-refractivity contribution in [3.05, 3.63) is 77.4 Å². The Morgan fingerprint density at radius 3 is 2.36 bits per heavy atom. The first-order valence-electron chi connectivity index (χ1n) is 13.6. The van der Waals surface area contributed by atoms with Crippen LogP contribution in [-0.2, 0) is 30.3 Å². The molecule has 2 saturated heterocycles. The van der Waals surface area contributed by atoms with Gasteiger partial charge >= 0.3 is 5.97 Å². The van der Waals surface area contributed by atoms with Gasteiger partial charge in [0.05, 0.1) is 25.2 Å². The lowest BCUT2D eigenvalue weighted by atomic mass is 9.68. The molecule has 2 aliphatic heterocycles. The van der Waals surface area contributed by atoms with Crippen molar-refractivity contribution in [1.82, 2.24) is 0 Å². The Bertz CT molecular complexity index is 1210. The minimum atomic E-state index is -0.402. The topological polar surface area (TPSA) is 90.1 Å². The predicted octanol–water partition coefficient (Wildman–Crippen LogP) is 5.60. The summed E-state index contributed by atoms with van der Waals surface area (Å²) in [6.07, 6.45) is 7.19. The van der Waals surface area contributed by atoms with Gasteiger partial charge in [0, 0.05) is 13.2 Å². The predicted molar refractivity (Wildman–Crippen MR) is 147 cm³/mol. The zero-order valence-corrected chi connectivity index (χ0v) is 23.1. The number of hydrogen-bond acceptors (Lipinski definition) is 7. The highest BCUT2D eigenvalue weighted by Gasteiger charge is 2.72. The highest BCUT2D eigenvalue weighted by molar-refractivity contribution is 5.87. The standard InChI is InChI=1S/C32H38O7/c1-21(2)5-15-27-31(3,39-27)30-29(35-4)26(17-18-32(30)20-36-32)38-28(34)16-10-22-6-11-24(12-7-22)37-25-13-8-23(19-33)9-14-25/h5-14,16,26-27,29-30,33H,15,17-20H2,1-4H3/b16-10+/t26-,27+,29-,30-,31+,32+/m1/s1. The number of aliphatic hydroxyl groups is 1. The molecule has 2 aromatic rings. The van der Waals surface area contributed by atoms with Gasteiger partial charge in [0.2, 0.25) is 0 Å². The molecule has 2 heterocycles. The van der Waals surface area contributed by atoms with Crippen LogP contribution in [0.2, 0.25) is 0 Å². The molecule has 1 aliphatic carbocycles. The Hall–Kier alpha value is -2.97. The first-order valence-corrected chi connectivity index (χ1v) is 13.6. The second kappa shape index (κ2) is 11.3. The summed E-state index contributed by atoms with van der Waals surface area (Å²) in [6, 6.07) is 14.7. The molecule has 3 aliphatic rings. The maximum Gasteiger partial charge on any atom is 0.331 e.